The molecule has 1 amide bonds. The number of rotatable bonds is 2. The first-order valence-electron chi connectivity index (χ1n) is 8.56. The van der Waals surface area contributed by atoms with Gasteiger partial charge in [0.2, 0.25) is 11.9 Å². The summed E-state index contributed by atoms with van der Waals surface area (Å²) in [6.07, 6.45) is 2.10. The van der Waals surface area contributed by atoms with E-state index < -0.39 is 0 Å². The lowest BCUT2D eigenvalue weighted by atomic mass is 9.91. The zero-order valence-electron chi connectivity index (χ0n) is 14.6. The molecular formula is C20H19FN4O. The molecule has 4 rings (SSSR count). The maximum Gasteiger partial charge on any atom is 0.231 e. The molecule has 2 heterocycles. The van der Waals surface area contributed by atoms with Crippen LogP contribution in [0.3, 0.4) is 0 Å². The summed E-state index contributed by atoms with van der Waals surface area (Å²) in [6.45, 7) is 3.57. The summed E-state index contributed by atoms with van der Waals surface area (Å²) in [6, 6.07) is 14.3. The monoisotopic (exact) mass is 350 g/mol. The largest absolute Gasteiger partial charge is 0.275 e. The Morgan fingerprint density at radius 3 is 2.31 bits per heavy atom. The highest BCUT2D eigenvalue weighted by Crippen LogP contribution is 2.41. The molecule has 0 bridgehead atoms. The fraction of sp³-hybridized carbons (Fsp3) is 0.250. The van der Waals surface area contributed by atoms with E-state index in [0.717, 1.165) is 16.7 Å². The van der Waals surface area contributed by atoms with Crippen molar-refractivity contribution in [3.63, 3.8) is 0 Å². The van der Waals surface area contributed by atoms with Crippen LogP contribution in [-0.4, -0.2) is 20.7 Å². The van der Waals surface area contributed by atoms with Crippen LogP contribution >= 0.6 is 0 Å². The van der Waals surface area contributed by atoms with Crippen molar-refractivity contribution in [2.75, 3.05) is 4.90 Å². The Kier molecular flexibility index (Phi) is 4.03. The van der Waals surface area contributed by atoms with E-state index in [9.17, 15) is 9.18 Å². The van der Waals surface area contributed by atoms with Crippen molar-refractivity contribution >= 4 is 11.9 Å². The van der Waals surface area contributed by atoms with Gasteiger partial charge in [0.05, 0.1) is 12.1 Å². The molecule has 26 heavy (non-hydrogen) atoms. The number of fused-ring (bicyclic) bond motifs is 1. The number of aromatic nitrogens is 3. The minimum absolute atomic E-state index is 0.0811. The molecule has 0 unspecified atom stereocenters. The van der Waals surface area contributed by atoms with Crippen LogP contribution in [-0.2, 0) is 4.79 Å². The fourth-order valence-electron chi connectivity index (χ4n) is 3.59. The molecule has 0 N–H and O–H groups in total. The summed E-state index contributed by atoms with van der Waals surface area (Å²) in [4.78, 5) is 18.4. The Bertz CT molecular complexity index is 933. The summed E-state index contributed by atoms with van der Waals surface area (Å²) >= 11 is 0. The molecule has 2 atom stereocenters. The van der Waals surface area contributed by atoms with E-state index in [-0.39, 0.29) is 23.8 Å². The summed E-state index contributed by atoms with van der Waals surface area (Å²) in [5.41, 5.74) is 3.16. The Morgan fingerprint density at radius 1 is 1.04 bits per heavy atom. The quantitative estimate of drug-likeness (QED) is 0.706. The molecule has 3 aromatic rings. The number of hydrogen-bond donors (Lipinski definition) is 0. The zero-order chi connectivity index (χ0) is 18.3. The standard InChI is InChI=1S/C20H19FN4O/c1-13-3-5-15(6-4-13)18-11-19(16-7-9-17(21)10-8-16)25-20(22-12-23-25)24(18)14(2)26/h3-10,12,18-19H,11H2,1-2H3/t18-,19+/m0/s1. The molecule has 132 valence electrons. The molecule has 1 aromatic heterocycles. The average Bonchev–Trinajstić information content (AvgIpc) is 3.11. The third kappa shape index (κ3) is 2.77. The second-order valence-electron chi connectivity index (χ2n) is 6.62. The van der Waals surface area contributed by atoms with Crippen molar-refractivity contribution in [1.82, 2.24) is 14.8 Å². The summed E-state index contributed by atoms with van der Waals surface area (Å²) < 4.78 is 15.1. The van der Waals surface area contributed by atoms with Crippen LogP contribution in [0.2, 0.25) is 0 Å². The van der Waals surface area contributed by atoms with Crippen molar-refractivity contribution in [3.8, 4) is 0 Å². The molecule has 0 fully saturated rings. The number of carbonyl (C=O) groups excluding carboxylic acids is 1. The number of halogens is 1. The lowest BCUT2D eigenvalue weighted by Crippen LogP contribution is -2.41. The van der Waals surface area contributed by atoms with Crippen molar-refractivity contribution in [2.24, 2.45) is 0 Å². The average molecular weight is 350 g/mol. The van der Waals surface area contributed by atoms with Crippen molar-refractivity contribution in [3.05, 3.63) is 77.4 Å². The molecule has 0 aliphatic carbocycles. The van der Waals surface area contributed by atoms with Gasteiger partial charge in [-0.05, 0) is 36.6 Å². The summed E-state index contributed by atoms with van der Waals surface area (Å²) in [5.74, 6) is 0.162. The van der Waals surface area contributed by atoms with E-state index in [1.165, 1.54) is 18.5 Å². The van der Waals surface area contributed by atoms with E-state index in [1.54, 1.807) is 28.6 Å². The Balaban J connectivity index is 1.82. The van der Waals surface area contributed by atoms with Gasteiger partial charge in [-0.15, -0.1) is 0 Å². The number of nitrogens with zero attached hydrogens (tertiary/aromatic N) is 4. The van der Waals surface area contributed by atoms with Crippen LogP contribution in [0.1, 0.15) is 42.1 Å². The van der Waals surface area contributed by atoms with E-state index >= 15 is 0 Å². The van der Waals surface area contributed by atoms with Crippen LogP contribution < -0.4 is 4.90 Å². The highest BCUT2D eigenvalue weighted by atomic mass is 19.1. The van der Waals surface area contributed by atoms with Crippen molar-refractivity contribution in [1.29, 1.82) is 0 Å². The molecule has 6 heteroatoms. The van der Waals surface area contributed by atoms with Gasteiger partial charge < -0.3 is 0 Å². The van der Waals surface area contributed by atoms with Gasteiger partial charge in [-0.2, -0.15) is 10.1 Å². The van der Waals surface area contributed by atoms with Gasteiger partial charge in [0, 0.05) is 6.92 Å². The van der Waals surface area contributed by atoms with Gasteiger partial charge in [0.1, 0.15) is 12.1 Å². The first-order chi connectivity index (χ1) is 12.5. The van der Waals surface area contributed by atoms with Crippen LogP contribution in [0, 0.1) is 12.7 Å². The molecule has 5 nitrogen and oxygen atoms in total. The number of hydrogen-bond acceptors (Lipinski definition) is 3. The number of carbonyl (C=O) groups is 1. The number of anilines is 1. The molecular weight excluding hydrogens is 331 g/mol. The topological polar surface area (TPSA) is 51.0 Å². The Hall–Kier alpha value is -3.02. The van der Waals surface area contributed by atoms with Crippen LogP contribution in [0.5, 0.6) is 0 Å². The lowest BCUT2D eigenvalue weighted by Gasteiger charge is -2.38. The predicted octanol–water partition coefficient (Wildman–Crippen LogP) is 3.81. The number of amides is 1. The maximum atomic E-state index is 13.3. The first-order valence-corrected chi connectivity index (χ1v) is 8.56. The summed E-state index contributed by atoms with van der Waals surface area (Å²) in [5, 5.41) is 4.33. The number of aryl methyl sites for hydroxylation is 1. The maximum absolute atomic E-state index is 13.3. The molecule has 1 aliphatic heterocycles. The lowest BCUT2D eigenvalue weighted by molar-refractivity contribution is -0.117. The SMILES string of the molecule is CC(=O)N1c2ncnn2[C@@H](c2ccc(F)cc2)C[C@H]1c1ccc(C)cc1. The molecule has 0 saturated heterocycles. The highest BCUT2D eigenvalue weighted by Gasteiger charge is 2.38. The van der Waals surface area contributed by atoms with Crippen LogP contribution in [0.25, 0.3) is 0 Å². The second-order valence-corrected chi connectivity index (χ2v) is 6.62. The van der Waals surface area contributed by atoms with Crippen LogP contribution in [0.15, 0.2) is 54.9 Å². The fourth-order valence-corrected chi connectivity index (χ4v) is 3.59. The van der Waals surface area contributed by atoms with E-state index in [2.05, 4.69) is 10.1 Å². The molecule has 2 aromatic carbocycles. The van der Waals surface area contributed by atoms with E-state index in [4.69, 9.17) is 0 Å². The van der Waals surface area contributed by atoms with E-state index in [0.29, 0.717) is 12.4 Å². The third-order valence-electron chi connectivity index (χ3n) is 4.88. The number of benzene rings is 2. The van der Waals surface area contributed by atoms with Gasteiger partial charge in [-0.3, -0.25) is 9.69 Å². The van der Waals surface area contributed by atoms with Crippen LogP contribution in [0.4, 0.5) is 10.3 Å². The molecule has 1 aliphatic rings. The molecule has 0 spiro atoms. The second kappa shape index (κ2) is 6.37. The highest BCUT2D eigenvalue weighted by molar-refractivity contribution is 5.90. The Labute approximate surface area is 151 Å². The summed E-state index contributed by atoms with van der Waals surface area (Å²) in [7, 11) is 0. The predicted molar refractivity (Wildman–Crippen MR) is 96.3 cm³/mol. The Morgan fingerprint density at radius 2 is 1.65 bits per heavy atom. The molecule has 0 radical (unpaired) electrons. The van der Waals surface area contributed by atoms with Gasteiger partial charge in [0.25, 0.3) is 0 Å². The first kappa shape index (κ1) is 16.4. The van der Waals surface area contributed by atoms with Gasteiger partial charge in [-0.1, -0.05) is 42.0 Å². The zero-order valence-corrected chi connectivity index (χ0v) is 14.6. The van der Waals surface area contributed by atoms with Crippen molar-refractivity contribution in [2.45, 2.75) is 32.4 Å². The van der Waals surface area contributed by atoms with Gasteiger partial charge in [0.15, 0.2) is 0 Å². The van der Waals surface area contributed by atoms with Gasteiger partial charge >= 0.3 is 0 Å². The third-order valence-corrected chi connectivity index (χ3v) is 4.88. The molecule has 0 saturated carbocycles. The minimum atomic E-state index is -0.274. The minimum Gasteiger partial charge on any atom is -0.275 e. The smallest absolute Gasteiger partial charge is 0.231 e. The van der Waals surface area contributed by atoms with E-state index in [1.807, 2.05) is 31.2 Å². The van der Waals surface area contributed by atoms with Gasteiger partial charge in [-0.25, -0.2) is 9.07 Å². The van der Waals surface area contributed by atoms with Crippen molar-refractivity contribution < 1.29 is 9.18 Å². The normalized spacial score (nSPS) is 19.3.